The molecule has 0 radical (unpaired) electrons. The highest BCUT2D eigenvalue weighted by atomic mass is 15.4. The highest BCUT2D eigenvalue weighted by molar-refractivity contribution is 5.45. The Morgan fingerprint density at radius 2 is 2.15 bits per heavy atom. The largest absolute Gasteiger partial charge is 0.326 e. The van der Waals surface area contributed by atoms with Gasteiger partial charge < -0.3 is 5.73 Å². The standard InChI is InChI=1S/C8H11N5/c1-5-6(2)12-13-8(11-5)7(3-9)4-10-13/h4H,3,9H2,1-2H3. The predicted molar refractivity (Wildman–Crippen MR) is 48.1 cm³/mol. The third-order valence-corrected chi connectivity index (χ3v) is 2.06. The highest BCUT2D eigenvalue weighted by Crippen LogP contribution is 2.07. The number of nitrogens with two attached hydrogens (primary N) is 1. The zero-order chi connectivity index (χ0) is 9.42. The number of fused-ring (bicyclic) bond motifs is 1. The molecule has 5 nitrogen and oxygen atoms in total. The first-order valence-corrected chi connectivity index (χ1v) is 4.10. The van der Waals surface area contributed by atoms with Gasteiger partial charge in [-0.3, -0.25) is 0 Å². The molecule has 0 amide bonds. The van der Waals surface area contributed by atoms with Crippen LogP contribution in [-0.4, -0.2) is 19.8 Å². The molecule has 0 aromatic carbocycles. The van der Waals surface area contributed by atoms with Gasteiger partial charge in [-0.1, -0.05) is 0 Å². The third-order valence-electron chi connectivity index (χ3n) is 2.06. The van der Waals surface area contributed by atoms with Gasteiger partial charge >= 0.3 is 0 Å². The molecule has 0 unspecified atom stereocenters. The molecule has 2 heterocycles. The summed E-state index contributed by atoms with van der Waals surface area (Å²) in [7, 11) is 0. The molecule has 0 spiro atoms. The summed E-state index contributed by atoms with van der Waals surface area (Å²) in [5.41, 5.74) is 9.02. The van der Waals surface area contributed by atoms with Crippen molar-refractivity contribution in [1.29, 1.82) is 0 Å². The summed E-state index contributed by atoms with van der Waals surface area (Å²) in [4.78, 5) is 4.36. The number of nitrogens with zero attached hydrogens (tertiary/aromatic N) is 4. The lowest BCUT2D eigenvalue weighted by Gasteiger charge is -1.99. The van der Waals surface area contributed by atoms with Crippen molar-refractivity contribution in [3.05, 3.63) is 23.1 Å². The third kappa shape index (κ3) is 1.17. The van der Waals surface area contributed by atoms with Crippen LogP contribution in [0.5, 0.6) is 0 Å². The Bertz CT molecular complexity index is 445. The summed E-state index contributed by atoms with van der Waals surface area (Å²) in [5.74, 6) is 0. The van der Waals surface area contributed by atoms with E-state index in [0.717, 1.165) is 22.6 Å². The second-order valence-corrected chi connectivity index (χ2v) is 2.97. The van der Waals surface area contributed by atoms with Crippen LogP contribution >= 0.6 is 0 Å². The monoisotopic (exact) mass is 177 g/mol. The molecule has 0 saturated heterocycles. The van der Waals surface area contributed by atoms with Gasteiger partial charge in [0.2, 0.25) is 0 Å². The fourth-order valence-corrected chi connectivity index (χ4v) is 1.15. The lowest BCUT2D eigenvalue weighted by atomic mass is 10.3. The second-order valence-electron chi connectivity index (χ2n) is 2.97. The van der Waals surface area contributed by atoms with Crippen LogP contribution in [0.2, 0.25) is 0 Å². The average Bonchev–Trinajstić information content (AvgIpc) is 2.48. The summed E-state index contributed by atoms with van der Waals surface area (Å²) in [6.45, 7) is 4.28. The molecule has 0 aliphatic carbocycles. The molecule has 2 rings (SSSR count). The van der Waals surface area contributed by atoms with Crippen molar-refractivity contribution in [2.24, 2.45) is 5.73 Å². The Morgan fingerprint density at radius 1 is 1.38 bits per heavy atom. The van der Waals surface area contributed by atoms with E-state index in [4.69, 9.17) is 5.73 Å². The summed E-state index contributed by atoms with van der Waals surface area (Å²) >= 11 is 0. The van der Waals surface area contributed by atoms with Crippen molar-refractivity contribution < 1.29 is 0 Å². The number of rotatable bonds is 1. The molecular weight excluding hydrogens is 166 g/mol. The van der Waals surface area contributed by atoms with E-state index < -0.39 is 0 Å². The first-order chi connectivity index (χ1) is 6.22. The SMILES string of the molecule is Cc1nc2c(CN)cnn2nc1C. The summed E-state index contributed by atoms with van der Waals surface area (Å²) in [5, 5.41) is 8.29. The molecule has 5 heteroatoms. The van der Waals surface area contributed by atoms with Crippen molar-refractivity contribution in [1.82, 2.24) is 19.8 Å². The Balaban J connectivity index is 2.77. The van der Waals surface area contributed by atoms with Gasteiger partial charge in [-0.2, -0.15) is 10.2 Å². The van der Waals surface area contributed by atoms with E-state index in [1.807, 2.05) is 13.8 Å². The van der Waals surface area contributed by atoms with Crippen LogP contribution in [0.4, 0.5) is 0 Å². The van der Waals surface area contributed by atoms with Crippen LogP contribution < -0.4 is 5.73 Å². The van der Waals surface area contributed by atoms with Gasteiger partial charge in [0, 0.05) is 12.1 Å². The topological polar surface area (TPSA) is 69.1 Å². The van der Waals surface area contributed by atoms with E-state index in [2.05, 4.69) is 15.2 Å². The molecule has 0 aliphatic heterocycles. The first kappa shape index (κ1) is 8.12. The van der Waals surface area contributed by atoms with E-state index in [1.54, 1.807) is 6.20 Å². The normalized spacial score (nSPS) is 11.0. The van der Waals surface area contributed by atoms with Crippen molar-refractivity contribution >= 4 is 5.65 Å². The number of aryl methyl sites for hydroxylation is 2. The predicted octanol–water partition coefficient (Wildman–Crippen LogP) is 0.200. The van der Waals surface area contributed by atoms with Gasteiger partial charge in [0.1, 0.15) is 0 Å². The Hall–Kier alpha value is -1.49. The molecule has 13 heavy (non-hydrogen) atoms. The van der Waals surface area contributed by atoms with Crippen LogP contribution in [-0.2, 0) is 6.54 Å². The minimum atomic E-state index is 0.445. The second kappa shape index (κ2) is 2.77. The molecule has 0 fully saturated rings. The van der Waals surface area contributed by atoms with Crippen molar-refractivity contribution in [3.63, 3.8) is 0 Å². The van der Waals surface area contributed by atoms with Gasteiger partial charge in [-0.25, -0.2) is 4.98 Å². The smallest absolute Gasteiger partial charge is 0.180 e. The minimum Gasteiger partial charge on any atom is -0.326 e. The molecule has 0 atom stereocenters. The summed E-state index contributed by atoms with van der Waals surface area (Å²) in [6.07, 6.45) is 1.70. The Morgan fingerprint density at radius 3 is 2.85 bits per heavy atom. The first-order valence-electron chi connectivity index (χ1n) is 4.10. The molecule has 68 valence electrons. The molecule has 0 bridgehead atoms. The maximum Gasteiger partial charge on any atom is 0.180 e. The van der Waals surface area contributed by atoms with Gasteiger partial charge in [0.05, 0.1) is 17.6 Å². The maximum absolute atomic E-state index is 5.53. The van der Waals surface area contributed by atoms with E-state index in [9.17, 15) is 0 Å². The Labute approximate surface area is 75.6 Å². The van der Waals surface area contributed by atoms with Crippen molar-refractivity contribution in [2.75, 3.05) is 0 Å². The molecule has 2 aromatic rings. The number of aromatic nitrogens is 4. The van der Waals surface area contributed by atoms with Crippen molar-refractivity contribution in [3.8, 4) is 0 Å². The van der Waals surface area contributed by atoms with E-state index in [0.29, 0.717) is 6.54 Å². The van der Waals surface area contributed by atoms with Crippen LogP contribution in [0.25, 0.3) is 5.65 Å². The van der Waals surface area contributed by atoms with Gasteiger partial charge in [0.25, 0.3) is 0 Å². The zero-order valence-corrected chi connectivity index (χ0v) is 7.65. The minimum absolute atomic E-state index is 0.445. The quantitative estimate of drug-likeness (QED) is 0.675. The molecule has 0 aliphatic rings. The summed E-state index contributed by atoms with van der Waals surface area (Å²) in [6, 6.07) is 0. The number of hydrogen-bond donors (Lipinski definition) is 1. The Kier molecular flexibility index (Phi) is 1.73. The van der Waals surface area contributed by atoms with Gasteiger partial charge in [-0.15, -0.1) is 4.63 Å². The van der Waals surface area contributed by atoms with E-state index in [1.165, 1.54) is 4.63 Å². The fourth-order valence-electron chi connectivity index (χ4n) is 1.15. The van der Waals surface area contributed by atoms with Crippen LogP contribution in [0, 0.1) is 13.8 Å². The van der Waals surface area contributed by atoms with Crippen LogP contribution in [0.3, 0.4) is 0 Å². The highest BCUT2D eigenvalue weighted by Gasteiger charge is 2.06. The molecular formula is C8H11N5. The lowest BCUT2D eigenvalue weighted by molar-refractivity contribution is 0.753. The zero-order valence-electron chi connectivity index (χ0n) is 7.65. The lowest BCUT2D eigenvalue weighted by Crippen LogP contribution is -2.03. The number of hydrogen-bond acceptors (Lipinski definition) is 4. The van der Waals surface area contributed by atoms with E-state index >= 15 is 0 Å². The molecule has 2 N–H and O–H groups in total. The van der Waals surface area contributed by atoms with Crippen LogP contribution in [0.1, 0.15) is 17.0 Å². The molecule has 0 saturated carbocycles. The van der Waals surface area contributed by atoms with Gasteiger partial charge in [0.15, 0.2) is 5.65 Å². The molecule has 2 aromatic heterocycles. The maximum atomic E-state index is 5.53. The van der Waals surface area contributed by atoms with E-state index in [-0.39, 0.29) is 0 Å². The van der Waals surface area contributed by atoms with Gasteiger partial charge in [-0.05, 0) is 13.8 Å². The van der Waals surface area contributed by atoms with Crippen molar-refractivity contribution in [2.45, 2.75) is 20.4 Å². The average molecular weight is 177 g/mol. The van der Waals surface area contributed by atoms with Crippen LogP contribution in [0.15, 0.2) is 6.20 Å². The fraction of sp³-hybridized carbons (Fsp3) is 0.375. The summed E-state index contributed by atoms with van der Waals surface area (Å²) < 4.78 is 1.52.